The molecule has 1 unspecified atom stereocenters. The zero-order chi connectivity index (χ0) is 34.5. The van der Waals surface area contributed by atoms with E-state index in [1.165, 1.54) is 16.2 Å². The molecule has 260 valence electrons. The summed E-state index contributed by atoms with van der Waals surface area (Å²) in [4.78, 5) is 51.3. The van der Waals surface area contributed by atoms with E-state index in [1.54, 1.807) is 0 Å². The Bertz CT molecular complexity index is 1610. The monoisotopic (exact) mass is 667 g/mol. The number of aromatic nitrogens is 2. The van der Waals surface area contributed by atoms with Crippen LogP contribution in [-0.2, 0) is 33.1 Å². The topological polar surface area (TPSA) is 131 Å². The first kappa shape index (κ1) is 34.5. The molecular formula is C38H49N7O4. The van der Waals surface area contributed by atoms with Crippen molar-refractivity contribution in [1.82, 2.24) is 25.1 Å². The van der Waals surface area contributed by atoms with Gasteiger partial charge in [0.15, 0.2) is 0 Å². The highest BCUT2D eigenvalue weighted by Crippen LogP contribution is 2.35. The summed E-state index contributed by atoms with van der Waals surface area (Å²) in [5, 5.41) is 17.6. The zero-order valence-electron chi connectivity index (χ0n) is 28.9. The molecule has 1 atom stereocenters. The summed E-state index contributed by atoms with van der Waals surface area (Å²) >= 11 is 0. The molecule has 0 spiro atoms. The molecule has 3 amide bonds. The average molecular weight is 668 g/mol. The molecule has 11 nitrogen and oxygen atoms in total. The number of piperidine rings is 3. The number of hydrogen-bond acceptors (Lipinski definition) is 9. The Labute approximate surface area is 289 Å². The van der Waals surface area contributed by atoms with Gasteiger partial charge in [-0.2, -0.15) is 0 Å². The summed E-state index contributed by atoms with van der Waals surface area (Å²) in [5.74, 6) is 0.383. The lowest BCUT2D eigenvalue weighted by molar-refractivity contribution is -0.141. The third-order valence-corrected chi connectivity index (χ3v) is 10.5. The SMILES string of the molecule is Cc1ccc(C2(O)CCN(Cc3ccc(N4CCC(Nc5ncc(C(C)C)cn5)CC4)cc3)CC2)cc1CN(C=O)C1CCC(=O)NC1=O. The van der Waals surface area contributed by atoms with Crippen molar-refractivity contribution in [2.75, 3.05) is 36.4 Å². The smallest absolute Gasteiger partial charge is 0.249 e. The van der Waals surface area contributed by atoms with Crippen molar-refractivity contribution in [2.45, 2.75) is 96.0 Å². The number of nitrogens with zero attached hydrogens (tertiary/aromatic N) is 5. The highest BCUT2D eigenvalue weighted by molar-refractivity contribution is 6.00. The normalized spacial score (nSPS) is 20.3. The second-order valence-electron chi connectivity index (χ2n) is 14.3. The van der Waals surface area contributed by atoms with Crippen LogP contribution in [0.25, 0.3) is 0 Å². The van der Waals surface area contributed by atoms with Crippen LogP contribution in [0.3, 0.4) is 0 Å². The van der Waals surface area contributed by atoms with Crippen molar-refractivity contribution in [3.05, 3.63) is 82.7 Å². The molecule has 3 fully saturated rings. The number of imide groups is 1. The van der Waals surface area contributed by atoms with E-state index < -0.39 is 17.6 Å². The minimum atomic E-state index is -0.964. The van der Waals surface area contributed by atoms with Gasteiger partial charge in [0.1, 0.15) is 6.04 Å². The molecule has 3 aromatic rings. The molecule has 4 heterocycles. The molecule has 3 aliphatic heterocycles. The minimum Gasteiger partial charge on any atom is -0.385 e. The number of aliphatic hydroxyl groups is 1. The Morgan fingerprint density at radius 1 is 1.02 bits per heavy atom. The van der Waals surface area contributed by atoms with E-state index in [2.05, 4.69) is 68.5 Å². The fourth-order valence-electron chi connectivity index (χ4n) is 7.16. The lowest BCUT2D eigenvalue weighted by atomic mass is 9.83. The fourth-order valence-corrected chi connectivity index (χ4v) is 7.16. The van der Waals surface area contributed by atoms with E-state index in [9.17, 15) is 19.5 Å². The molecule has 1 aromatic heterocycles. The van der Waals surface area contributed by atoms with Crippen molar-refractivity contribution >= 4 is 29.9 Å². The third-order valence-electron chi connectivity index (χ3n) is 10.5. The maximum absolute atomic E-state index is 12.4. The molecular weight excluding hydrogens is 618 g/mol. The van der Waals surface area contributed by atoms with E-state index >= 15 is 0 Å². The number of amides is 3. The molecule has 3 aliphatic rings. The summed E-state index contributed by atoms with van der Waals surface area (Å²) < 4.78 is 0. The molecule has 0 saturated carbocycles. The summed E-state index contributed by atoms with van der Waals surface area (Å²) in [7, 11) is 0. The van der Waals surface area contributed by atoms with Crippen molar-refractivity contribution in [3.8, 4) is 0 Å². The van der Waals surface area contributed by atoms with Gasteiger partial charge in [0, 0.05) is 69.8 Å². The third kappa shape index (κ3) is 8.28. The van der Waals surface area contributed by atoms with Gasteiger partial charge in [-0.05, 0) is 84.9 Å². The predicted octanol–water partition coefficient (Wildman–Crippen LogP) is 4.24. The molecule has 49 heavy (non-hydrogen) atoms. The van der Waals surface area contributed by atoms with Gasteiger partial charge in [0.25, 0.3) is 0 Å². The van der Waals surface area contributed by atoms with Gasteiger partial charge in [-0.3, -0.25) is 24.6 Å². The minimum absolute atomic E-state index is 0.211. The Kier molecular flexibility index (Phi) is 10.6. The quantitative estimate of drug-likeness (QED) is 0.203. The van der Waals surface area contributed by atoms with Crippen molar-refractivity contribution in [3.63, 3.8) is 0 Å². The first-order chi connectivity index (χ1) is 23.6. The van der Waals surface area contributed by atoms with Crippen LogP contribution in [0.2, 0.25) is 0 Å². The van der Waals surface area contributed by atoms with E-state index in [0.717, 1.165) is 67.8 Å². The van der Waals surface area contributed by atoms with Crippen LogP contribution in [0.5, 0.6) is 0 Å². The van der Waals surface area contributed by atoms with Gasteiger partial charge in [-0.15, -0.1) is 0 Å². The molecule has 3 N–H and O–H groups in total. The molecule has 6 rings (SSSR count). The van der Waals surface area contributed by atoms with Crippen LogP contribution in [0.4, 0.5) is 11.6 Å². The van der Waals surface area contributed by atoms with Gasteiger partial charge in [0.05, 0.1) is 5.60 Å². The second kappa shape index (κ2) is 15.0. The molecule has 0 aliphatic carbocycles. The Hall–Kier alpha value is -4.35. The van der Waals surface area contributed by atoms with E-state index in [4.69, 9.17) is 0 Å². The average Bonchev–Trinajstić information content (AvgIpc) is 3.10. The van der Waals surface area contributed by atoms with Crippen LogP contribution in [0.15, 0.2) is 54.9 Å². The molecule has 11 heteroatoms. The number of benzene rings is 2. The number of carbonyl (C=O) groups excluding carboxylic acids is 3. The number of likely N-dealkylation sites (tertiary alicyclic amines) is 1. The van der Waals surface area contributed by atoms with Crippen molar-refractivity contribution < 1.29 is 19.5 Å². The number of carbonyl (C=O) groups is 3. The number of hydrogen-bond donors (Lipinski definition) is 3. The molecule has 0 bridgehead atoms. The van der Waals surface area contributed by atoms with Crippen LogP contribution in [0, 0.1) is 6.92 Å². The van der Waals surface area contributed by atoms with Crippen LogP contribution >= 0.6 is 0 Å². The number of anilines is 2. The first-order valence-electron chi connectivity index (χ1n) is 17.6. The van der Waals surface area contributed by atoms with Crippen molar-refractivity contribution in [2.24, 2.45) is 0 Å². The zero-order valence-corrected chi connectivity index (χ0v) is 28.9. The Morgan fingerprint density at radius 2 is 1.71 bits per heavy atom. The first-order valence-corrected chi connectivity index (χ1v) is 17.6. The van der Waals surface area contributed by atoms with Gasteiger partial charge < -0.3 is 20.2 Å². The summed E-state index contributed by atoms with van der Waals surface area (Å²) in [6, 6.07) is 14.5. The van der Waals surface area contributed by atoms with E-state index in [-0.39, 0.29) is 18.9 Å². The molecule has 3 saturated heterocycles. The van der Waals surface area contributed by atoms with Gasteiger partial charge in [-0.25, -0.2) is 9.97 Å². The van der Waals surface area contributed by atoms with Crippen LogP contribution in [0.1, 0.15) is 86.1 Å². The van der Waals surface area contributed by atoms with Gasteiger partial charge in [0.2, 0.25) is 24.2 Å². The summed E-state index contributed by atoms with van der Waals surface area (Å²) in [6.45, 7) is 10.8. The van der Waals surface area contributed by atoms with Crippen molar-refractivity contribution in [1.29, 1.82) is 0 Å². The van der Waals surface area contributed by atoms with E-state index in [1.807, 2.05) is 37.5 Å². The predicted molar refractivity (Wildman–Crippen MR) is 189 cm³/mol. The van der Waals surface area contributed by atoms with Gasteiger partial charge in [-0.1, -0.05) is 44.2 Å². The highest BCUT2D eigenvalue weighted by atomic mass is 16.3. The van der Waals surface area contributed by atoms with E-state index in [0.29, 0.717) is 43.6 Å². The molecule has 0 radical (unpaired) electrons. The standard InChI is InChI=1S/C38H49N7O4/c1-26(2)30-21-39-37(40-22-30)41-32-12-16-44(17-13-32)33-8-5-28(6-9-33)23-43-18-14-38(49,15-19-43)31-7-4-27(3)29(20-31)24-45(25-46)34-10-11-35(47)42-36(34)48/h4-9,20-22,25-26,32,34,49H,10-19,23-24H2,1-3H3,(H,39,40,41)(H,42,47,48). The lowest BCUT2D eigenvalue weighted by Gasteiger charge is -2.39. The summed E-state index contributed by atoms with van der Waals surface area (Å²) in [5.41, 5.74) is 5.39. The largest absolute Gasteiger partial charge is 0.385 e. The van der Waals surface area contributed by atoms with Crippen LogP contribution < -0.4 is 15.5 Å². The lowest BCUT2D eigenvalue weighted by Crippen LogP contribution is -2.51. The second-order valence-corrected chi connectivity index (χ2v) is 14.3. The number of rotatable bonds is 11. The highest BCUT2D eigenvalue weighted by Gasteiger charge is 2.35. The maximum atomic E-state index is 12.4. The van der Waals surface area contributed by atoms with Gasteiger partial charge >= 0.3 is 0 Å². The van der Waals surface area contributed by atoms with Crippen LogP contribution in [-0.4, -0.2) is 81.4 Å². The number of aryl methyl sites for hydroxylation is 1. The number of nitrogens with one attached hydrogen (secondary N) is 2. The molecule has 2 aromatic carbocycles. The Morgan fingerprint density at radius 3 is 2.35 bits per heavy atom. The maximum Gasteiger partial charge on any atom is 0.249 e. The summed E-state index contributed by atoms with van der Waals surface area (Å²) in [6.07, 6.45) is 8.31. The fraction of sp³-hybridized carbons (Fsp3) is 0.500. The Balaban J connectivity index is 0.985.